The highest BCUT2D eigenvalue weighted by molar-refractivity contribution is 6.04. The Morgan fingerprint density at radius 2 is 2.35 bits per heavy atom. The number of carbonyl (C=O) groups excluding carboxylic acids is 1. The van der Waals surface area contributed by atoms with Gasteiger partial charge in [0.25, 0.3) is 5.91 Å². The molecule has 0 radical (unpaired) electrons. The third kappa shape index (κ3) is 3.55. The van der Waals surface area contributed by atoms with Gasteiger partial charge in [0.05, 0.1) is 12.3 Å². The first-order valence-corrected chi connectivity index (χ1v) is 8.19. The first-order valence-electron chi connectivity index (χ1n) is 8.19. The number of rotatable bonds is 5. The Kier molecular flexibility index (Phi) is 4.65. The van der Waals surface area contributed by atoms with Crippen molar-refractivity contribution >= 4 is 11.8 Å². The van der Waals surface area contributed by atoms with Crippen molar-refractivity contribution in [3.05, 3.63) is 41.1 Å². The summed E-state index contributed by atoms with van der Waals surface area (Å²) in [7, 11) is 0. The summed E-state index contributed by atoms with van der Waals surface area (Å²) < 4.78 is 10.9. The van der Waals surface area contributed by atoms with Crippen molar-refractivity contribution in [1.82, 2.24) is 5.16 Å². The average molecular weight is 314 g/mol. The summed E-state index contributed by atoms with van der Waals surface area (Å²) >= 11 is 0. The molecule has 5 heteroatoms. The molecular formula is C18H22N2O3. The Morgan fingerprint density at radius 3 is 3.17 bits per heavy atom. The minimum absolute atomic E-state index is 0.205. The zero-order valence-electron chi connectivity index (χ0n) is 13.6. The third-order valence-electron chi connectivity index (χ3n) is 4.09. The number of carbonyl (C=O) groups is 1. The number of anilines is 1. The van der Waals surface area contributed by atoms with Crippen LogP contribution in [-0.2, 0) is 12.8 Å². The smallest absolute Gasteiger partial charge is 0.258 e. The summed E-state index contributed by atoms with van der Waals surface area (Å²) in [5, 5.41) is 6.93. The van der Waals surface area contributed by atoms with E-state index in [1.165, 1.54) is 0 Å². The van der Waals surface area contributed by atoms with Crippen molar-refractivity contribution in [2.24, 2.45) is 5.92 Å². The van der Waals surface area contributed by atoms with Gasteiger partial charge in [0, 0.05) is 11.1 Å². The number of aromatic nitrogens is 1. The van der Waals surface area contributed by atoms with Crippen LogP contribution in [0.2, 0.25) is 0 Å². The van der Waals surface area contributed by atoms with E-state index < -0.39 is 0 Å². The van der Waals surface area contributed by atoms with Crippen molar-refractivity contribution in [2.45, 2.75) is 39.5 Å². The zero-order valence-corrected chi connectivity index (χ0v) is 13.6. The van der Waals surface area contributed by atoms with E-state index in [-0.39, 0.29) is 5.91 Å². The largest absolute Gasteiger partial charge is 0.494 e. The maximum absolute atomic E-state index is 12.5. The molecule has 0 saturated carbocycles. The van der Waals surface area contributed by atoms with Crippen LogP contribution in [0, 0.1) is 5.92 Å². The molecule has 5 nitrogen and oxygen atoms in total. The molecule has 122 valence electrons. The van der Waals surface area contributed by atoms with Gasteiger partial charge in [-0.1, -0.05) is 25.1 Å². The fourth-order valence-corrected chi connectivity index (χ4v) is 2.80. The number of hydrogen-bond donors (Lipinski definition) is 1. The second-order valence-corrected chi connectivity index (χ2v) is 6.12. The lowest BCUT2D eigenvalue weighted by Crippen LogP contribution is -2.15. The first kappa shape index (κ1) is 15.6. The lowest BCUT2D eigenvalue weighted by atomic mass is 9.89. The van der Waals surface area contributed by atoms with Crippen LogP contribution in [0.1, 0.15) is 48.3 Å². The van der Waals surface area contributed by atoms with Crippen LogP contribution >= 0.6 is 0 Å². The van der Waals surface area contributed by atoms with Gasteiger partial charge in [0.15, 0.2) is 0 Å². The summed E-state index contributed by atoms with van der Waals surface area (Å²) in [5.41, 5.74) is 2.56. The standard InChI is InChI=1S/C18H22N2O3/c1-3-9-22-14-6-4-5-13(11-14)17(21)19-18-15-10-12(2)7-8-16(15)20-23-18/h4-6,11-12H,3,7-10H2,1-2H3,(H,19,21)/t12-/m0/s1. The van der Waals surface area contributed by atoms with Gasteiger partial charge in [-0.05, 0) is 49.8 Å². The fourth-order valence-electron chi connectivity index (χ4n) is 2.80. The molecule has 0 saturated heterocycles. The van der Waals surface area contributed by atoms with E-state index in [2.05, 4.69) is 17.4 Å². The number of benzene rings is 1. The van der Waals surface area contributed by atoms with E-state index in [1.807, 2.05) is 19.1 Å². The van der Waals surface area contributed by atoms with Gasteiger partial charge in [-0.3, -0.25) is 10.1 Å². The SMILES string of the molecule is CCCOc1cccc(C(=O)Nc2onc3c2C[C@@H](C)CC3)c1. The van der Waals surface area contributed by atoms with Gasteiger partial charge in [-0.2, -0.15) is 0 Å². The second-order valence-electron chi connectivity index (χ2n) is 6.12. The molecule has 0 unspecified atom stereocenters. The van der Waals surface area contributed by atoms with Gasteiger partial charge in [-0.15, -0.1) is 0 Å². The Balaban J connectivity index is 1.74. The van der Waals surface area contributed by atoms with Gasteiger partial charge in [0.1, 0.15) is 5.75 Å². The molecule has 1 aromatic carbocycles. The predicted octanol–water partition coefficient (Wildman–Crippen LogP) is 3.84. The van der Waals surface area contributed by atoms with E-state index in [4.69, 9.17) is 9.26 Å². The molecule has 3 rings (SSSR count). The van der Waals surface area contributed by atoms with E-state index >= 15 is 0 Å². The van der Waals surface area contributed by atoms with Gasteiger partial charge >= 0.3 is 0 Å². The minimum atomic E-state index is -0.205. The number of hydrogen-bond acceptors (Lipinski definition) is 4. The molecule has 1 aromatic heterocycles. The van der Waals surface area contributed by atoms with Crippen molar-refractivity contribution in [2.75, 3.05) is 11.9 Å². The van der Waals surface area contributed by atoms with Crippen LogP contribution in [-0.4, -0.2) is 17.7 Å². The highest BCUT2D eigenvalue weighted by Gasteiger charge is 2.24. The van der Waals surface area contributed by atoms with E-state index in [9.17, 15) is 4.79 Å². The predicted molar refractivity (Wildman–Crippen MR) is 87.9 cm³/mol. The summed E-state index contributed by atoms with van der Waals surface area (Å²) in [5.74, 6) is 1.57. The molecule has 0 bridgehead atoms. The summed E-state index contributed by atoms with van der Waals surface area (Å²) in [6.07, 6.45) is 3.85. The molecule has 0 fully saturated rings. The van der Waals surface area contributed by atoms with Crippen LogP contribution in [0.25, 0.3) is 0 Å². The molecule has 1 aliphatic carbocycles. The number of ether oxygens (including phenoxy) is 1. The molecule has 2 aromatic rings. The number of aryl methyl sites for hydroxylation is 1. The Hall–Kier alpha value is -2.30. The van der Waals surface area contributed by atoms with E-state index in [0.29, 0.717) is 29.7 Å². The van der Waals surface area contributed by atoms with Crippen LogP contribution in [0.4, 0.5) is 5.88 Å². The lowest BCUT2D eigenvalue weighted by molar-refractivity contribution is 0.102. The summed E-state index contributed by atoms with van der Waals surface area (Å²) in [6, 6.07) is 7.18. The molecule has 23 heavy (non-hydrogen) atoms. The van der Waals surface area contributed by atoms with Crippen molar-refractivity contribution in [3.63, 3.8) is 0 Å². The second kappa shape index (κ2) is 6.86. The van der Waals surface area contributed by atoms with Crippen molar-refractivity contribution in [1.29, 1.82) is 0 Å². The Labute approximate surface area is 136 Å². The first-order chi connectivity index (χ1) is 11.2. The van der Waals surface area contributed by atoms with Gasteiger partial charge in [-0.25, -0.2) is 0 Å². The maximum atomic E-state index is 12.5. The van der Waals surface area contributed by atoms with Gasteiger partial charge in [0.2, 0.25) is 5.88 Å². The molecule has 0 spiro atoms. The Bertz CT molecular complexity index is 693. The zero-order chi connectivity index (χ0) is 16.2. The Morgan fingerprint density at radius 1 is 1.48 bits per heavy atom. The van der Waals surface area contributed by atoms with Gasteiger partial charge < -0.3 is 9.26 Å². The van der Waals surface area contributed by atoms with Crippen molar-refractivity contribution < 1.29 is 14.1 Å². The van der Waals surface area contributed by atoms with E-state index in [0.717, 1.165) is 36.9 Å². The van der Waals surface area contributed by atoms with E-state index in [1.54, 1.807) is 12.1 Å². The number of nitrogens with one attached hydrogen (secondary N) is 1. The summed E-state index contributed by atoms with van der Waals surface area (Å²) in [4.78, 5) is 12.5. The fraction of sp³-hybridized carbons (Fsp3) is 0.444. The summed E-state index contributed by atoms with van der Waals surface area (Å²) in [6.45, 7) is 4.89. The molecule has 0 aliphatic heterocycles. The van der Waals surface area contributed by atoms with Crippen LogP contribution < -0.4 is 10.1 Å². The average Bonchev–Trinajstić information content (AvgIpc) is 2.95. The molecule has 1 aliphatic rings. The monoisotopic (exact) mass is 314 g/mol. The molecule has 1 amide bonds. The minimum Gasteiger partial charge on any atom is -0.494 e. The maximum Gasteiger partial charge on any atom is 0.258 e. The topological polar surface area (TPSA) is 64.4 Å². The number of nitrogens with zero attached hydrogens (tertiary/aromatic N) is 1. The molecular weight excluding hydrogens is 292 g/mol. The molecule has 1 atom stereocenters. The highest BCUT2D eigenvalue weighted by Crippen LogP contribution is 2.30. The lowest BCUT2D eigenvalue weighted by Gasteiger charge is -2.16. The number of amides is 1. The van der Waals surface area contributed by atoms with Crippen molar-refractivity contribution in [3.8, 4) is 5.75 Å². The number of fused-ring (bicyclic) bond motifs is 1. The third-order valence-corrected chi connectivity index (χ3v) is 4.09. The normalized spacial score (nSPS) is 16.7. The van der Waals surface area contributed by atoms with Crippen LogP contribution in [0.3, 0.4) is 0 Å². The molecule has 1 N–H and O–H groups in total. The van der Waals surface area contributed by atoms with Crippen LogP contribution in [0.5, 0.6) is 5.75 Å². The van der Waals surface area contributed by atoms with Crippen LogP contribution in [0.15, 0.2) is 28.8 Å². The quantitative estimate of drug-likeness (QED) is 0.910. The highest BCUT2D eigenvalue weighted by atomic mass is 16.5. The molecule has 1 heterocycles.